The zero-order valence-electron chi connectivity index (χ0n) is 17.8. The molecule has 0 unspecified atom stereocenters. The van der Waals surface area contributed by atoms with E-state index in [2.05, 4.69) is 19.2 Å². The molecule has 3 aromatic rings. The number of esters is 1. The average Bonchev–Trinajstić information content (AvgIpc) is 2.74. The van der Waals surface area contributed by atoms with Crippen LogP contribution in [0, 0.1) is 6.92 Å². The summed E-state index contributed by atoms with van der Waals surface area (Å²) in [4.78, 5) is 35.8. The third-order valence-electron chi connectivity index (χ3n) is 4.77. The van der Waals surface area contributed by atoms with E-state index in [0.717, 1.165) is 16.5 Å². The van der Waals surface area contributed by atoms with Crippen molar-refractivity contribution < 1.29 is 23.5 Å². The summed E-state index contributed by atoms with van der Waals surface area (Å²) in [6.07, 6.45) is 0. The Balaban J connectivity index is 1.58. The van der Waals surface area contributed by atoms with Gasteiger partial charge in [-0.1, -0.05) is 32.0 Å². The minimum absolute atomic E-state index is 0.0993. The van der Waals surface area contributed by atoms with Crippen molar-refractivity contribution in [3.8, 4) is 5.75 Å². The van der Waals surface area contributed by atoms with Crippen molar-refractivity contribution >= 4 is 22.8 Å². The highest BCUT2D eigenvalue weighted by Gasteiger charge is 2.13. The second kappa shape index (κ2) is 9.93. The smallest absolute Gasteiger partial charge is 0.336 e. The molecule has 0 aliphatic heterocycles. The largest absolute Gasteiger partial charge is 0.484 e. The number of rotatable bonds is 8. The van der Waals surface area contributed by atoms with Gasteiger partial charge in [0.2, 0.25) is 0 Å². The van der Waals surface area contributed by atoms with Crippen LogP contribution in [-0.4, -0.2) is 25.0 Å². The molecule has 1 N–H and O–H groups in total. The van der Waals surface area contributed by atoms with E-state index in [0.29, 0.717) is 22.8 Å². The maximum Gasteiger partial charge on any atom is 0.336 e. The molecule has 0 bridgehead atoms. The summed E-state index contributed by atoms with van der Waals surface area (Å²) in [5.41, 5.74) is 2.65. The number of para-hydroxylation sites is 1. The van der Waals surface area contributed by atoms with E-state index in [-0.39, 0.29) is 19.8 Å². The molecule has 0 aliphatic carbocycles. The van der Waals surface area contributed by atoms with E-state index in [1.54, 1.807) is 24.3 Å². The zero-order chi connectivity index (χ0) is 22.4. The molecule has 0 spiro atoms. The van der Waals surface area contributed by atoms with Gasteiger partial charge in [0.25, 0.3) is 5.91 Å². The van der Waals surface area contributed by atoms with Crippen LogP contribution in [0.5, 0.6) is 5.75 Å². The fourth-order valence-corrected chi connectivity index (χ4v) is 3.23. The van der Waals surface area contributed by atoms with Crippen molar-refractivity contribution in [2.75, 3.05) is 13.2 Å². The van der Waals surface area contributed by atoms with Crippen LogP contribution in [0.15, 0.2) is 57.7 Å². The number of aryl methyl sites for hydroxylation is 1. The molecular weight excluding hydrogens is 398 g/mol. The normalized spacial score (nSPS) is 10.8. The molecule has 7 heteroatoms. The number of carbonyl (C=O) groups excluding carboxylic acids is 2. The lowest BCUT2D eigenvalue weighted by Gasteiger charge is -2.13. The first-order valence-electron chi connectivity index (χ1n) is 10.0. The summed E-state index contributed by atoms with van der Waals surface area (Å²) in [6.45, 7) is 5.52. The Kier molecular flexibility index (Phi) is 7.07. The molecule has 2 aromatic carbocycles. The Morgan fingerprint density at radius 2 is 1.84 bits per heavy atom. The summed E-state index contributed by atoms with van der Waals surface area (Å²) in [6, 6.07) is 14.0. The van der Waals surface area contributed by atoms with Gasteiger partial charge in [-0.25, -0.2) is 4.79 Å². The Bertz CT molecular complexity index is 1130. The van der Waals surface area contributed by atoms with Crippen molar-refractivity contribution in [2.45, 2.75) is 33.3 Å². The van der Waals surface area contributed by atoms with Gasteiger partial charge in [-0.3, -0.25) is 9.59 Å². The molecule has 1 heterocycles. The third kappa shape index (κ3) is 5.94. The lowest BCUT2D eigenvalue weighted by atomic mass is 9.95. The minimum atomic E-state index is -0.620. The Morgan fingerprint density at radius 3 is 2.55 bits per heavy atom. The van der Waals surface area contributed by atoms with Gasteiger partial charge in [0.15, 0.2) is 6.61 Å². The Morgan fingerprint density at radius 1 is 1.10 bits per heavy atom. The number of hydrogen-bond donors (Lipinski definition) is 1. The molecular formula is C24H25NO6. The molecule has 0 radical (unpaired) electrons. The lowest BCUT2D eigenvalue weighted by Crippen LogP contribution is -2.34. The fraction of sp³-hybridized carbons (Fsp3) is 0.292. The van der Waals surface area contributed by atoms with Crippen LogP contribution in [0.2, 0.25) is 0 Å². The Hall–Kier alpha value is -3.61. The first-order chi connectivity index (χ1) is 14.8. The molecule has 7 nitrogen and oxygen atoms in total. The number of carbonyl (C=O) groups is 2. The number of amides is 1. The SMILES string of the molecule is Cc1cc2oc(=O)cc(COC(=O)CNC(=O)COc3ccccc3)c2cc1C(C)C. The molecule has 1 aromatic heterocycles. The van der Waals surface area contributed by atoms with Gasteiger partial charge >= 0.3 is 11.6 Å². The van der Waals surface area contributed by atoms with Gasteiger partial charge in [0, 0.05) is 17.0 Å². The highest BCUT2D eigenvalue weighted by atomic mass is 16.5. The monoisotopic (exact) mass is 423 g/mol. The summed E-state index contributed by atoms with van der Waals surface area (Å²) < 4.78 is 15.9. The third-order valence-corrected chi connectivity index (χ3v) is 4.77. The van der Waals surface area contributed by atoms with Gasteiger partial charge in [-0.2, -0.15) is 0 Å². The van der Waals surface area contributed by atoms with Gasteiger partial charge in [-0.15, -0.1) is 0 Å². The highest BCUT2D eigenvalue weighted by molar-refractivity contribution is 5.84. The summed E-state index contributed by atoms with van der Waals surface area (Å²) >= 11 is 0. The number of nitrogens with one attached hydrogen (secondary N) is 1. The highest BCUT2D eigenvalue weighted by Crippen LogP contribution is 2.27. The number of hydrogen-bond acceptors (Lipinski definition) is 6. The molecule has 162 valence electrons. The van der Waals surface area contributed by atoms with E-state index in [9.17, 15) is 14.4 Å². The van der Waals surface area contributed by atoms with E-state index in [4.69, 9.17) is 13.9 Å². The molecule has 3 rings (SSSR count). The second-order valence-electron chi connectivity index (χ2n) is 7.49. The van der Waals surface area contributed by atoms with E-state index in [1.807, 2.05) is 25.1 Å². The van der Waals surface area contributed by atoms with Crippen LogP contribution in [0.4, 0.5) is 0 Å². The van der Waals surface area contributed by atoms with Crippen molar-refractivity contribution in [3.05, 3.63) is 75.6 Å². The molecule has 1 amide bonds. The molecule has 0 atom stereocenters. The van der Waals surface area contributed by atoms with Crippen LogP contribution >= 0.6 is 0 Å². The van der Waals surface area contributed by atoms with Crippen LogP contribution in [0.25, 0.3) is 11.0 Å². The van der Waals surface area contributed by atoms with Crippen molar-refractivity contribution in [1.29, 1.82) is 0 Å². The van der Waals surface area contributed by atoms with Crippen LogP contribution in [0.3, 0.4) is 0 Å². The fourth-order valence-electron chi connectivity index (χ4n) is 3.23. The van der Waals surface area contributed by atoms with Crippen LogP contribution in [-0.2, 0) is 20.9 Å². The van der Waals surface area contributed by atoms with Gasteiger partial charge in [0.1, 0.15) is 24.5 Å². The van der Waals surface area contributed by atoms with Gasteiger partial charge < -0.3 is 19.2 Å². The number of fused-ring (bicyclic) bond motifs is 1. The maximum absolute atomic E-state index is 12.1. The van der Waals surface area contributed by atoms with Crippen LogP contribution < -0.4 is 15.7 Å². The second-order valence-corrected chi connectivity index (χ2v) is 7.49. The van der Waals surface area contributed by atoms with E-state index in [1.165, 1.54) is 6.07 Å². The maximum atomic E-state index is 12.1. The predicted molar refractivity (Wildman–Crippen MR) is 116 cm³/mol. The minimum Gasteiger partial charge on any atom is -0.484 e. The van der Waals surface area contributed by atoms with E-state index >= 15 is 0 Å². The van der Waals surface area contributed by atoms with E-state index < -0.39 is 17.5 Å². The number of benzene rings is 2. The van der Waals surface area contributed by atoms with Crippen molar-refractivity contribution in [3.63, 3.8) is 0 Å². The predicted octanol–water partition coefficient (Wildman–Crippen LogP) is 3.46. The molecule has 0 fully saturated rings. The summed E-state index contributed by atoms with van der Waals surface area (Å²) in [5.74, 6) is -0.208. The molecule has 0 saturated carbocycles. The lowest BCUT2D eigenvalue weighted by molar-refractivity contribution is -0.145. The van der Waals surface area contributed by atoms with Gasteiger partial charge in [0.05, 0.1) is 0 Å². The number of ether oxygens (including phenoxy) is 2. The molecule has 0 aliphatic rings. The summed E-state index contributed by atoms with van der Waals surface area (Å²) in [5, 5.41) is 3.17. The first kappa shape index (κ1) is 22.1. The standard InChI is InChI=1S/C24H25NO6/c1-15(2)19-11-20-17(10-23(27)31-21(20)9-16(19)3)13-30-24(28)12-25-22(26)14-29-18-7-5-4-6-8-18/h4-11,15H,12-14H2,1-3H3,(H,25,26). The molecule has 0 saturated heterocycles. The summed E-state index contributed by atoms with van der Waals surface area (Å²) in [7, 11) is 0. The quantitative estimate of drug-likeness (QED) is 0.440. The van der Waals surface area contributed by atoms with Crippen molar-refractivity contribution in [1.82, 2.24) is 5.32 Å². The van der Waals surface area contributed by atoms with Crippen molar-refractivity contribution in [2.24, 2.45) is 0 Å². The first-order valence-corrected chi connectivity index (χ1v) is 10.0. The Labute approximate surface area is 180 Å². The van der Waals surface area contributed by atoms with Gasteiger partial charge in [-0.05, 0) is 48.2 Å². The molecule has 31 heavy (non-hydrogen) atoms. The topological polar surface area (TPSA) is 94.8 Å². The average molecular weight is 423 g/mol. The van der Waals surface area contributed by atoms with Crippen LogP contribution in [0.1, 0.15) is 36.5 Å². The zero-order valence-corrected chi connectivity index (χ0v) is 17.8.